The minimum atomic E-state index is -4.48. The van der Waals surface area contributed by atoms with Gasteiger partial charge in [-0.1, -0.05) is 6.92 Å². The largest absolute Gasteiger partial charge is 0.433 e. The Balaban J connectivity index is 2.40. The third-order valence-electron chi connectivity index (χ3n) is 2.61. The van der Waals surface area contributed by atoms with Gasteiger partial charge in [-0.2, -0.15) is 17.6 Å². The molecular weight excluding hydrogens is 260 g/mol. The van der Waals surface area contributed by atoms with Gasteiger partial charge in [0.15, 0.2) is 0 Å². The van der Waals surface area contributed by atoms with Crippen molar-refractivity contribution in [1.29, 1.82) is 0 Å². The summed E-state index contributed by atoms with van der Waals surface area (Å²) in [5, 5.41) is 0. The van der Waals surface area contributed by atoms with Gasteiger partial charge in [0.2, 0.25) is 5.95 Å². The van der Waals surface area contributed by atoms with Crippen LogP contribution in [-0.4, -0.2) is 9.97 Å². The van der Waals surface area contributed by atoms with Crippen LogP contribution in [0.4, 0.5) is 17.6 Å². The molecule has 0 amide bonds. The summed E-state index contributed by atoms with van der Waals surface area (Å²) in [5.74, 6) is -0.658. The van der Waals surface area contributed by atoms with Crippen LogP contribution in [0.2, 0.25) is 0 Å². The van der Waals surface area contributed by atoms with Crippen LogP contribution >= 0.6 is 0 Å². The fourth-order valence-electron chi connectivity index (χ4n) is 1.61. The van der Waals surface area contributed by atoms with Gasteiger partial charge in [0.25, 0.3) is 0 Å². The second-order valence-corrected chi connectivity index (χ2v) is 3.97. The Morgan fingerprint density at radius 1 is 1.16 bits per heavy atom. The fourth-order valence-corrected chi connectivity index (χ4v) is 1.61. The van der Waals surface area contributed by atoms with E-state index in [-0.39, 0.29) is 5.69 Å². The lowest BCUT2D eigenvalue weighted by Gasteiger charge is -2.07. The molecule has 0 aromatic carbocycles. The van der Waals surface area contributed by atoms with Crippen molar-refractivity contribution in [2.24, 2.45) is 0 Å². The quantitative estimate of drug-likeness (QED) is 0.611. The number of halogens is 4. The summed E-state index contributed by atoms with van der Waals surface area (Å²) in [5.41, 5.74) is 0.367. The molecule has 19 heavy (non-hydrogen) atoms. The Bertz CT molecular complexity index is 576. The Labute approximate surface area is 107 Å². The molecule has 100 valence electrons. The molecular formula is C13H10F4N2. The molecule has 0 aliphatic heterocycles. The van der Waals surface area contributed by atoms with E-state index in [9.17, 15) is 17.6 Å². The van der Waals surface area contributed by atoms with Crippen LogP contribution in [0.25, 0.3) is 11.3 Å². The van der Waals surface area contributed by atoms with Gasteiger partial charge in [0.05, 0.1) is 5.69 Å². The van der Waals surface area contributed by atoms with Gasteiger partial charge in [-0.25, -0.2) is 4.98 Å². The molecule has 0 fully saturated rings. The highest BCUT2D eigenvalue weighted by molar-refractivity contribution is 5.58. The van der Waals surface area contributed by atoms with Gasteiger partial charge < -0.3 is 0 Å². The number of alkyl halides is 3. The fraction of sp³-hybridized carbons (Fsp3) is 0.231. The maximum absolute atomic E-state index is 13.3. The highest BCUT2D eigenvalue weighted by Gasteiger charge is 2.32. The third kappa shape index (κ3) is 3.07. The number of hydrogen-bond donors (Lipinski definition) is 0. The molecule has 0 N–H and O–H groups in total. The van der Waals surface area contributed by atoms with Crippen LogP contribution in [-0.2, 0) is 12.6 Å². The van der Waals surface area contributed by atoms with E-state index in [1.807, 2.05) is 6.92 Å². The molecule has 0 bridgehead atoms. The molecule has 6 heteroatoms. The van der Waals surface area contributed by atoms with E-state index in [0.717, 1.165) is 17.8 Å². The molecule has 0 saturated heterocycles. The van der Waals surface area contributed by atoms with Crippen molar-refractivity contribution in [2.45, 2.75) is 19.5 Å². The Morgan fingerprint density at radius 2 is 1.89 bits per heavy atom. The minimum Gasteiger partial charge on any atom is -0.251 e. The van der Waals surface area contributed by atoms with Crippen molar-refractivity contribution in [1.82, 2.24) is 9.97 Å². The summed E-state index contributed by atoms with van der Waals surface area (Å²) in [7, 11) is 0. The summed E-state index contributed by atoms with van der Waals surface area (Å²) in [6.45, 7) is 1.85. The van der Waals surface area contributed by atoms with Crippen LogP contribution < -0.4 is 0 Å². The second kappa shape index (κ2) is 4.95. The first-order valence-electron chi connectivity index (χ1n) is 5.60. The molecule has 0 saturated carbocycles. The molecule has 0 radical (unpaired) electrons. The molecule has 2 aromatic heterocycles. The first-order valence-corrected chi connectivity index (χ1v) is 5.60. The summed E-state index contributed by atoms with van der Waals surface area (Å²) in [6, 6.07) is 5.01. The van der Waals surface area contributed by atoms with Crippen molar-refractivity contribution < 1.29 is 17.6 Å². The van der Waals surface area contributed by atoms with E-state index in [1.165, 1.54) is 12.1 Å². The van der Waals surface area contributed by atoms with Gasteiger partial charge in [0.1, 0.15) is 5.69 Å². The van der Waals surface area contributed by atoms with Gasteiger partial charge in [-0.3, -0.25) is 4.98 Å². The van der Waals surface area contributed by atoms with E-state index in [4.69, 9.17) is 0 Å². The summed E-state index contributed by atoms with van der Waals surface area (Å²) >= 11 is 0. The molecule has 0 spiro atoms. The van der Waals surface area contributed by atoms with Crippen molar-refractivity contribution in [3.05, 3.63) is 47.7 Å². The molecule has 2 aromatic rings. The Kier molecular flexibility index (Phi) is 3.50. The highest BCUT2D eigenvalue weighted by atomic mass is 19.4. The zero-order valence-corrected chi connectivity index (χ0v) is 10.0. The van der Waals surface area contributed by atoms with Crippen molar-refractivity contribution >= 4 is 0 Å². The average Bonchev–Trinajstić information content (AvgIpc) is 2.37. The van der Waals surface area contributed by atoms with Crippen molar-refractivity contribution in [3.8, 4) is 11.3 Å². The maximum atomic E-state index is 13.3. The SMILES string of the molecule is CCc1cc(F)nc(-c2ccc(C(F)(F)F)nc2)c1. The number of nitrogens with zero attached hydrogens (tertiary/aromatic N) is 2. The molecule has 0 unspecified atom stereocenters. The molecule has 0 atom stereocenters. The van der Waals surface area contributed by atoms with Gasteiger partial charge in [0, 0.05) is 11.8 Å². The highest BCUT2D eigenvalue weighted by Crippen LogP contribution is 2.28. The van der Waals surface area contributed by atoms with Crippen LogP contribution in [0, 0.1) is 5.95 Å². The third-order valence-corrected chi connectivity index (χ3v) is 2.61. The zero-order chi connectivity index (χ0) is 14.0. The summed E-state index contributed by atoms with van der Waals surface area (Å²) in [6.07, 6.45) is -2.83. The minimum absolute atomic E-state index is 0.276. The van der Waals surface area contributed by atoms with Crippen LogP contribution in [0.3, 0.4) is 0 Å². The Hall–Kier alpha value is -1.98. The van der Waals surface area contributed by atoms with Gasteiger partial charge in [-0.05, 0) is 36.2 Å². The van der Waals surface area contributed by atoms with E-state index < -0.39 is 17.8 Å². The number of pyridine rings is 2. The summed E-state index contributed by atoms with van der Waals surface area (Å²) in [4.78, 5) is 6.98. The van der Waals surface area contributed by atoms with Crippen LogP contribution in [0.1, 0.15) is 18.2 Å². The van der Waals surface area contributed by atoms with E-state index in [2.05, 4.69) is 9.97 Å². The Morgan fingerprint density at radius 3 is 2.42 bits per heavy atom. The molecule has 2 heterocycles. The van der Waals surface area contributed by atoms with E-state index in [1.54, 1.807) is 6.07 Å². The van der Waals surface area contributed by atoms with Crippen molar-refractivity contribution in [3.63, 3.8) is 0 Å². The molecule has 2 rings (SSSR count). The summed E-state index contributed by atoms with van der Waals surface area (Å²) < 4.78 is 50.4. The average molecular weight is 270 g/mol. The monoisotopic (exact) mass is 270 g/mol. The lowest BCUT2D eigenvalue weighted by molar-refractivity contribution is -0.141. The smallest absolute Gasteiger partial charge is 0.251 e. The molecule has 0 aliphatic carbocycles. The number of aromatic nitrogens is 2. The van der Waals surface area contributed by atoms with Gasteiger partial charge in [-0.15, -0.1) is 0 Å². The first kappa shape index (κ1) is 13.5. The second-order valence-electron chi connectivity index (χ2n) is 3.97. The van der Waals surface area contributed by atoms with Crippen LogP contribution in [0.5, 0.6) is 0 Å². The lowest BCUT2D eigenvalue weighted by atomic mass is 10.1. The van der Waals surface area contributed by atoms with Crippen LogP contribution in [0.15, 0.2) is 30.5 Å². The molecule has 2 nitrogen and oxygen atoms in total. The number of hydrogen-bond acceptors (Lipinski definition) is 2. The molecule has 0 aliphatic rings. The zero-order valence-electron chi connectivity index (χ0n) is 10.0. The number of aryl methyl sites for hydroxylation is 1. The first-order chi connectivity index (χ1) is 8.90. The van der Waals surface area contributed by atoms with E-state index >= 15 is 0 Å². The topological polar surface area (TPSA) is 25.8 Å². The van der Waals surface area contributed by atoms with Crippen molar-refractivity contribution in [2.75, 3.05) is 0 Å². The normalized spacial score (nSPS) is 11.6. The maximum Gasteiger partial charge on any atom is 0.433 e. The predicted octanol–water partition coefficient (Wildman–Crippen LogP) is 3.86. The lowest BCUT2D eigenvalue weighted by Crippen LogP contribution is -2.07. The number of rotatable bonds is 2. The van der Waals surface area contributed by atoms with Gasteiger partial charge >= 0.3 is 6.18 Å². The predicted molar refractivity (Wildman–Crippen MR) is 61.8 cm³/mol. The standard InChI is InChI=1S/C13H10F4N2/c1-2-8-5-10(19-12(14)6-8)9-3-4-11(18-7-9)13(15,16)17/h3-7H,2H2,1H3. The van der Waals surface area contributed by atoms with E-state index in [0.29, 0.717) is 12.0 Å².